The van der Waals surface area contributed by atoms with Crippen molar-refractivity contribution in [1.82, 2.24) is 0 Å². The zero-order valence-electron chi connectivity index (χ0n) is 11.2. The van der Waals surface area contributed by atoms with Crippen molar-refractivity contribution in [1.29, 1.82) is 0 Å². The molecule has 0 aliphatic carbocycles. The van der Waals surface area contributed by atoms with E-state index in [0.717, 1.165) is 6.07 Å². The summed E-state index contributed by atoms with van der Waals surface area (Å²) in [5.74, 6) is -2.10. The third-order valence-corrected chi connectivity index (χ3v) is 2.71. The Morgan fingerprint density at radius 2 is 1.55 bits per heavy atom. The van der Waals surface area contributed by atoms with Gasteiger partial charge in [0.25, 0.3) is 0 Å². The van der Waals surface area contributed by atoms with Crippen LogP contribution in [-0.2, 0) is 14.2 Å². The molecule has 0 bridgehead atoms. The lowest BCUT2D eigenvalue weighted by Crippen LogP contribution is -2.12. The highest BCUT2D eigenvalue weighted by Gasteiger charge is 2.10. The smallest absolute Gasteiger partial charge is 0.200 e. The zero-order valence-corrected chi connectivity index (χ0v) is 12.8. The summed E-state index contributed by atoms with van der Waals surface area (Å²) in [6.45, 7) is 2.30. The maximum atomic E-state index is 13.3. The number of hydrogen-bond donors (Lipinski definition) is 0. The summed E-state index contributed by atoms with van der Waals surface area (Å²) >= 11 is 3.07. The zero-order chi connectivity index (χ0) is 14.8. The molecule has 0 saturated heterocycles. The summed E-state index contributed by atoms with van der Waals surface area (Å²) in [4.78, 5) is 0. The van der Waals surface area contributed by atoms with E-state index in [1.807, 2.05) is 0 Å². The predicted octanol–water partition coefficient (Wildman–Crippen LogP) is 2.79. The normalized spacial score (nSPS) is 10.8. The van der Waals surface area contributed by atoms with Gasteiger partial charge in [0, 0.05) is 11.6 Å². The Morgan fingerprint density at radius 1 is 0.950 bits per heavy atom. The van der Waals surface area contributed by atoms with Crippen LogP contribution in [0.15, 0.2) is 16.6 Å². The van der Waals surface area contributed by atoms with Gasteiger partial charge in [-0.25, -0.2) is 4.39 Å². The summed E-state index contributed by atoms with van der Waals surface area (Å²) in [5, 5.41) is 0. The highest BCUT2D eigenvalue weighted by Crippen LogP contribution is 2.25. The van der Waals surface area contributed by atoms with Crippen LogP contribution >= 0.6 is 15.9 Å². The minimum absolute atomic E-state index is 0.130. The second-order valence-corrected chi connectivity index (χ2v) is 4.68. The van der Waals surface area contributed by atoms with Gasteiger partial charge >= 0.3 is 0 Å². The first kappa shape index (κ1) is 17.3. The van der Waals surface area contributed by atoms with Crippen molar-refractivity contribution in [3.63, 3.8) is 0 Å². The van der Waals surface area contributed by atoms with Gasteiger partial charge in [-0.05, 0) is 12.1 Å². The molecule has 7 heteroatoms. The Bertz CT molecular complexity index is 404. The van der Waals surface area contributed by atoms with Gasteiger partial charge in [-0.3, -0.25) is 0 Å². The van der Waals surface area contributed by atoms with E-state index in [-0.39, 0.29) is 19.0 Å². The van der Waals surface area contributed by atoms with E-state index in [9.17, 15) is 8.78 Å². The molecule has 0 heterocycles. The first-order valence-corrected chi connectivity index (χ1v) is 6.86. The van der Waals surface area contributed by atoms with E-state index in [1.54, 1.807) is 7.11 Å². The van der Waals surface area contributed by atoms with Crippen LogP contribution in [0.2, 0.25) is 0 Å². The van der Waals surface area contributed by atoms with Gasteiger partial charge in [-0.15, -0.1) is 0 Å². The van der Waals surface area contributed by atoms with Crippen LogP contribution in [0, 0.1) is 11.6 Å². The van der Waals surface area contributed by atoms with Crippen LogP contribution in [0.4, 0.5) is 8.78 Å². The summed E-state index contributed by atoms with van der Waals surface area (Å²) in [5.41, 5.74) is 0. The number of halogens is 3. The maximum absolute atomic E-state index is 13.3. The molecule has 0 amide bonds. The van der Waals surface area contributed by atoms with Gasteiger partial charge < -0.3 is 18.9 Å². The van der Waals surface area contributed by atoms with Crippen molar-refractivity contribution >= 4 is 15.9 Å². The van der Waals surface area contributed by atoms with Gasteiger partial charge in [-0.2, -0.15) is 4.39 Å². The topological polar surface area (TPSA) is 36.9 Å². The molecule has 114 valence electrons. The van der Waals surface area contributed by atoms with Gasteiger partial charge in [0.2, 0.25) is 5.82 Å². The minimum atomic E-state index is -1.00. The third-order valence-electron chi connectivity index (χ3n) is 2.25. The quantitative estimate of drug-likeness (QED) is 0.478. The Kier molecular flexibility index (Phi) is 8.68. The highest BCUT2D eigenvalue weighted by atomic mass is 79.9. The molecule has 0 radical (unpaired) electrons. The van der Waals surface area contributed by atoms with Crippen LogP contribution in [0.3, 0.4) is 0 Å². The third kappa shape index (κ3) is 6.60. The lowest BCUT2D eigenvalue weighted by molar-refractivity contribution is 0.0176. The summed E-state index contributed by atoms with van der Waals surface area (Å²) in [6.07, 6.45) is 0. The molecule has 1 aromatic carbocycles. The van der Waals surface area contributed by atoms with E-state index >= 15 is 0 Å². The van der Waals surface area contributed by atoms with E-state index in [0.29, 0.717) is 30.9 Å². The monoisotopic (exact) mass is 354 g/mol. The van der Waals surface area contributed by atoms with Crippen molar-refractivity contribution in [2.45, 2.75) is 0 Å². The van der Waals surface area contributed by atoms with Crippen LogP contribution in [-0.4, -0.2) is 46.8 Å². The van der Waals surface area contributed by atoms with Crippen molar-refractivity contribution in [3.05, 3.63) is 28.2 Å². The largest absolute Gasteiger partial charge is 0.488 e. The molecule has 0 unspecified atom stereocenters. The van der Waals surface area contributed by atoms with E-state index in [4.69, 9.17) is 18.9 Å². The minimum Gasteiger partial charge on any atom is -0.488 e. The number of benzene rings is 1. The molecule has 1 rings (SSSR count). The average molecular weight is 355 g/mol. The molecule has 0 aromatic heterocycles. The molecule has 0 fully saturated rings. The van der Waals surface area contributed by atoms with Gasteiger partial charge in [0.1, 0.15) is 6.61 Å². The van der Waals surface area contributed by atoms with Crippen molar-refractivity contribution in [2.24, 2.45) is 0 Å². The van der Waals surface area contributed by atoms with Crippen molar-refractivity contribution in [3.8, 4) is 5.75 Å². The van der Waals surface area contributed by atoms with E-state index in [1.165, 1.54) is 6.07 Å². The Balaban J connectivity index is 2.13. The summed E-state index contributed by atoms with van der Waals surface area (Å²) in [7, 11) is 1.60. The predicted molar refractivity (Wildman–Crippen MR) is 73.1 cm³/mol. The molecule has 20 heavy (non-hydrogen) atoms. The van der Waals surface area contributed by atoms with Crippen molar-refractivity contribution in [2.75, 3.05) is 46.8 Å². The van der Waals surface area contributed by atoms with Crippen molar-refractivity contribution < 1.29 is 27.7 Å². The fourth-order valence-electron chi connectivity index (χ4n) is 1.31. The Hall–Kier alpha value is -0.760. The highest BCUT2D eigenvalue weighted by molar-refractivity contribution is 9.10. The van der Waals surface area contributed by atoms with Crippen LogP contribution < -0.4 is 4.74 Å². The molecule has 1 aromatic rings. The Morgan fingerprint density at radius 3 is 2.20 bits per heavy atom. The first-order chi connectivity index (χ1) is 9.65. The molecule has 0 N–H and O–H groups in total. The molecule has 0 spiro atoms. The number of hydrogen-bond acceptors (Lipinski definition) is 4. The maximum Gasteiger partial charge on any atom is 0.200 e. The fourth-order valence-corrected chi connectivity index (χ4v) is 1.72. The number of rotatable bonds is 10. The second-order valence-electron chi connectivity index (χ2n) is 3.77. The van der Waals surface area contributed by atoms with Gasteiger partial charge in [0.05, 0.1) is 33.0 Å². The second kappa shape index (κ2) is 10.0. The molecular weight excluding hydrogens is 338 g/mol. The first-order valence-electron chi connectivity index (χ1n) is 6.07. The summed E-state index contributed by atoms with van der Waals surface area (Å²) < 4.78 is 47.2. The van der Waals surface area contributed by atoms with Crippen LogP contribution in [0.5, 0.6) is 5.75 Å². The van der Waals surface area contributed by atoms with Gasteiger partial charge in [-0.1, -0.05) is 15.9 Å². The van der Waals surface area contributed by atoms with Gasteiger partial charge in [0.15, 0.2) is 11.6 Å². The van der Waals surface area contributed by atoms with E-state index < -0.39 is 11.6 Å². The molecule has 0 aliphatic rings. The fraction of sp³-hybridized carbons (Fsp3) is 0.538. The molecule has 0 saturated carbocycles. The number of methoxy groups -OCH3 is 1. The Labute approximate surface area is 125 Å². The standard InChI is InChI=1S/C13H17BrF2O4/c1-17-2-3-18-4-5-19-6-7-20-12-9-10(14)8-11(15)13(12)16/h8-9H,2-7H2,1H3. The molecule has 0 atom stereocenters. The van der Waals surface area contributed by atoms with Crippen LogP contribution in [0.1, 0.15) is 0 Å². The average Bonchev–Trinajstić information content (AvgIpc) is 2.42. The SMILES string of the molecule is COCCOCCOCCOc1cc(Br)cc(F)c1F. The number of ether oxygens (including phenoxy) is 4. The molecule has 4 nitrogen and oxygen atoms in total. The summed E-state index contributed by atoms with van der Waals surface area (Å²) in [6, 6.07) is 2.41. The lowest BCUT2D eigenvalue weighted by Gasteiger charge is -2.09. The lowest BCUT2D eigenvalue weighted by atomic mass is 10.3. The molecule has 0 aliphatic heterocycles. The van der Waals surface area contributed by atoms with E-state index in [2.05, 4.69) is 15.9 Å². The van der Waals surface area contributed by atoms with Crippen LogP contribution in [0.25, 0.3) is 0 Å². The molecular formula is C13H17BrF2O4.